The molecule has 1 fully saturated rings. The molecule has 226 valence electrons. The average Bonchev–Trinajstić information content (AvgIpc) is 3.43. The lowest BCUT2D eigenvalue weighted by molar-refractivity contribution is -0.153. The predicted octanol–water partition coefficient (Wildman–Crippen LogP) is 4.73. The molecule has 2 atom stereocenters. The molecule has 14 heteroatoms. The van der Waals surface area contributed by atoms with Crippen molar-refractivity contribution in [3.8, 4) is 17.2 Å². The number of sulfonamides is 1. The SMILES string of the molecule is CC(C)CN(C[C@H]1OC(C)(C)N(C(=O)O)[C@H]1Cc1ccc(OCC(F)(F)F)cc1)S(=O)(=O)c1ccc2c(c1)OCO2. The molecule has 41 heavy (non-hydrogen) atoms. The molecule has 2 aliphatic rings. The van der Waals surface area contributed by atoms with Crippen LogP contribution in [0.5, 0.6) is 17.2 Å². The first-order valence-corrected chi connectivity index (χ1v) is 14.4. The lowest BCUT2D eigenvalue weighted by Crippen LogP contribution is -2.50. The van der Waals surface area contributed by atoms with Crippen molar-refractivity contribution in [1.82, 2.24) is 9.21 Å². The largest absolute Gasteiger partial charge is 0.484 e. The summed E-state index contributed by atoms with van der Waals surface area (Å²) in [6.45, 7) is 5.46. The van der Waals surface area contributed by atoms with E-state index in [1.807, 2.05) is 13.8 Å². The third-order valence-electron chi connectivity index (χ3n) is 6.69. The van der Waals surface area contributed by atoms with Crippen LogP contribution in [0, 0.1) is 5.92 Å². The van der Waals surface area contributed by atoms with E-state index in [0.29, 0.717) is 17.1 Å². The minimum Gasteiger partial charge on any atom is -0.484 e. The first-order chi connectivity index (χ1) is 19.1. The number of rotatable bonds is 10. The van der Waals surface area contributed by atoms with Crippen molar-refractivity contribution in [2.24, 2.45) is 5.92 Å². The van der Waals surface area contributed by atoms with Gasteiger partial charge in [-0.2, -0.15) is 17.5 Å². The van der Waals surface area contributed by atoms with Gasteiger partial charge < -0.3 is 24.1 Å². The highest BCUT2D eigenvalue weighted by Gasteiger charge is 2.51. The van der Waals surface area contributed by atoms with Crippen LogP contribution >= 0.6 is 0 Å². The summed E-state index contributed by atoms with van der Waals surface area (Å²) in [6.07, 6.45) is -6.46. The summed E-state index contributed by atoms with van der Waals surface area (Å²) in [5.41, 5.74) is -0.663. The molecule has 0 aromatic heterocycles. The number of carboxylic acid groups (broad SMARTS) is 1. The maximum Gasteiger partial charge on any atom is 0.422 e. The lowest BCUT2D eigenvalue weighted by Gasteiger charge is -2.31. The number of hydrogen-bond donors (Lipinski definition) is 1. The van der Waals surface area contributed by atoms with E-state index in [9.17, 15) is 31.5 Å². The number of fused-ring (bicyclic) bond motifs is 1. The first-order valence-electron chi connectivity index (χ1n) is 13.0. The molecule has 2 aromatic rings. The number of carbonyl (C=O) groups is 1. The summed E-state index contributed by atoms with van der Waals surface area (Å²) >= 11 is 0. The normalized spacial score (nSPS) is 20.2. The van der Waals surface area contributed by atoms with E-state index in [1.54, 1.807) is 26.0 Å². The molecular formula is C27H33F3N2O8S. The van der Waals surface area contributed by atoms with Gasteiger partial charge in [-0.25, -0.2) is 13.2 Å². The van der Waals surface area contributed by atoms with Gasteiger partial charge in [0.25, 0.3) is 0 Å². The van der Waals surface area contributed by atoms with Crippen LogP contribution in [0.15, 0.2) is 47.4 Å². The molecule has 0 radical (unpaired) electrons. The molecule has 1 saturated heterocycles. The Bertz CT molecular complexity index is 1350. The second kappa shape index (κ2) is 11.6. The van der Waals surface area contributed by atoms with Gasteiger partial charge in [0.15, 0.2) is 18.1 Å². The van der Waals surface area contributed by atoms with Crippen molar-refractivity contribution < 1.29 is 50.4 Å². The van der Waals surface area contributed by atoms with E-state index in [1.165, 1.54) is 34.6 Å². The Balaban J connectivity index is 1.61. The van der Waals surface area contributed by atoms with Crippen molar-refractivity contribution in [3.63, 3.8) is 0 Å². The molecule has 1 N–H and O–H groups in total. The minimum atomic E-state index is -4.48. The Morgan fingerprint density at radius 2 is 1.80 bits per heavy atom. The van der Waals surface area contributed by atoms with Crippen LogP contribution in [0.1, 0.15) is 33.3 Å². The first kappa shape index (κ1) is 30.7. The molecule has 2 aromatic carbocycles. The molecule has 0 aliphatic carbocycles. The van der Waals surface area contributed by atoms with Gasteiger partial charge in [0, 0.05) is 19.2 Å². The van der Waals surface area contributed by atoms with Crippen LogP contribution in [-0.2, 0) is 21.2 Å². The average molecular weight is 603 g/mol. The van der Waals surface area contributed by atoms with Crippen LogP contribution in [0.25, 0.3) is 0 Å². The number of amides is 1. The Labute approximate surface area is 236 Å². The third kappa shape index (κ3) is 7.16. The number of nitrogens with zero attached hydrogens (tertiary/aromatic N) is 2. The predicted molar refractivity (Wildman–Crippen MR) is 140 cm³/mol. The molecule has 0 unspecified atom stereocenters. The van der Waals surface area contributed by atoms with Gasteiger partial charge >= 0.3 is 12.3 Å². The highest BCUT2D eigenvalue weighted by molar-refractivity contribution is 7.89. The van der Waals surface area contributed by atoms with E-state index >= 15 is 0 Å². The van der Waals surface area contributed by atoms with Crippen molar-refractivity contribution in [3.05, 3.63) is 48.0 Å². The Hall–Kier alpha value is -3.23. The summed E-state index contributed by atoms with van der Waals surface area (Å²) in [5.74, 6) is 0.698. The number of benzene rings is 2. The molecule has 4 rings (SSSR count). The monoisotopic (exact) mass is 602 g/mol. The summed E-state index contributed by atoms with van der Waals surface area (Å²) in [7, 11) is -4.06. The zero-order chi connectivity index (χ0) is 30.2. The summed E-state index contributed by atoms with van der Waals surface area (Å²) in [6, 6.07) is 9.38. The van der Waals surface area contributed by atoms with Crippen LogP contribution in [0.4, 0.5) is 18.0 Å². The second-order valence-electron chi connectivity index (χ2n) is 10.8. The zero-order valence-electron chi connectivity index (χ0n) is 23.1. The van der Waals surface area contributed by atoms with E-state index in [0.717, 1.165) is 4.90 Å². The van der Waals surface area contributed by atoms with Crippen molar-refractivity contribution in [2.75, 3.05) is 26.5 Å². The zero-order valence-corrected chi connectivity index (χ0v) is 23.9. The molecule has 2 heterocycles. The maximum absolute atomic E-state index is 13.8. The summed E-state index contributed by atoms with van der Waals surface area (Å²) in [5, 5.41) is 10.1. The Morgan fingerprint density at radius 1 is 1.15 bits per heavy atom. The number of hydrogen-bond acceptors (Lipinski definition) is 7. The van der Waals surface area contributed by atoms with E-state index < -0.39 is 46.8 Å². The highest BCUT2D eigenvalue weighted by Crippen LogP contribution is 2.37. The van der Waals surface area contributed by atoms with E-state index in [4.69, 9.17) is 18.9 Å². The van der Waals surface area contributed by atoms with Crippen LogP contribution < -0.4 is 14.2 Å². The summed E-state index contributed by atoms with van der Waals surface area (Å²) < 4.78 is 88.0. The van der Waals surface area contributed by atoms with Crippen molar-refractivity contribution in [2.45, 2.75) is 63.1 Å². The third-order valence-corrected chi connectivity index (χ3v) is 8.52. The minimum absolute atomic E-state index is 0.000688. The smallest absolute Gasteiger partial charge is 0.422 e. The fraction of sp³-hybridized carbons (Fsp3) is 0.519. The van der Waals surface area contributed by atoms with Crippen LogP contribution in [0.2, 0.25) is 0 Å². The second-order valence-corrected chi connectivity index (χ2v) is 12.7. The maximum atomic E-state index is 13.8. The molecule has 0 spiro atoms. The van der Waals surface area contributed by atoms with Gasteiger partial charge in [-0.05, 0) is 56.0 Å². The van der Waals surface area contributed by atoms with Gasteiger partial charge in [0.2, 0.25) is 16.8 Å². The van der Waals surface area contributed by atoms with Gasteiger partial charge in [-0.1, -0.05) is 26.0 Å². The van der Waals surface area contributed by atoms with Crippen molar-refractivity contribution in [1.29, 1.82) is 0 Å². The fourth-order valence-corrected chi connectivity index (χ4v) is 6.65. The van der Waals surface area contributed by atoms with E-state index in [2.05, 4.69) is 0 Å². The molecule has 0 saturated carbocycles. The number of halogens is 3. The van der Waals surface area contributed by atoms with E-state index in [-0.39, 0.29) is 42.9 Å². The number of alkyl halides is 3. The quantitative estimate of drug-likeness (QED) is 0.415. The molecule has 2 aliphatic heterocycles. The molecule has 10 nitrogen and oxygen atoms in total. The molecule has 0 bridgehead atoms. The Morgan fingerprint density at radius 3 is 2.41 bits per heavy atom. The fourth-order valence-electron chi connectivity index (χ4n) is 5.02. The number of ether oxygens (including phenoxy) is 4. The van der Waals surface area contributed by atoms with Crippen LogP contribution in [0.3, 0.4) is 0 Å². The lowest BCUT2D eigenvalue weighted by atomic mass is 10.00. The standard InChI is InChI=1S/C27H33F3N2O8S/c1-17(2)13-31(41(35,36)20-9-10-22-23(12-20)39-16-38-22)14-24-21(32(25(33)34)26(3,4)40-24)11-18-5-7-19(8-6-18)37-15-27(28,29)30/h5-10,12,17,21,24H,11,13-16H2,1-4H3,(H,33,34)/t21-,24+/m0/s1. The van der Waals surface area contributed by atoms with Crippen molar-refractivity contribution >= 4 is 16.1 Å². The highest BCUT2D eigenvalue weighted by atomic mass is 32.2. The van der Waals surface area contributed by atoms with Gasteiger partial charge in [-0.3, -0.25) is 4.90 Å². The van der Waals surface area contributed by atoms with Gasteiger partial charge in [-0.15, -0.1) is 0 Å². The Kier molecular flexibility index (Phi) is 8.67. The van der Waals surface area contributed by atoms with Gasteiger partial charge in [0.1, 0.15) is 11.5 Å². The van der Waals surface area contributed by atoms with Gasteiger partial charge in [0.05, 0.1) is 17.0 Å². The molecule has 1 amide bonds. The molecular weight excluding hydrogens is 569 g/mol. The summed E-state index contributed by atoms with van der Waals surface area (Å²) in [4.78, 5) is 13.5. The topological polar surface area (TPSA) is 115 Å². The van der Waals surface area contributed by atoms with Crippen LogP contribution in [-0.4, -0.2) is 79.4 Å².